The van der Waals surface area contributed by atoms with Crippen molar-refractivity contribution in [3.8, 4) is 0 Å². The molecule has 1 saturated heterocycles. The third-order valence-corrected chi connectivity index (χ3v) is 3.30. The summed E-state index contributed by atoms with van der Waals surface area (Å²) in [6.45, 7) is 3.78. The van der Waals surface area contributed by atoms with E-state index < -0.39 is 5.97 Å². The van der Waals surface area contributed by atoms with Gasteiger partial charge >= 0.3 is 5.97 Å². The van der Waals surface area contributed by atoms with Gasteiger partial charge in [-0.25, -0.2) is 4.79 Å². The molecule has 1 fully saturated rings. The summed E-state index contributed by atoms with van der Waals surface area (Å²) in [5, 5.41) is 8.99. The monoisotopic (exact) mass is 266 g/mol. The molecule has 19 heavy (non-hydrogen) atoms. The van der Waals surface area contributed by atoms with E-state index in [4.69, 9.17) is 9.84 Å². The van der Waals surface area contributed by atoms with E-state index in [2.05, 4.69) is 0 Å². The fourth-order valence-electron chi connectivity index (χ4n) is 2.18. The van der Waals surface area contributed by atoms with Crippen molar-refractivity contribution in [2.24, 2.45) is 0 Å². The van der Waals surface area contributed by atoms with Crippen molar-refractivity contribution >= 4 is 11.9 Å². The highest BCUT2D eigenvalue weighted by atomic mass is 16.5. The number of morpholine rings is 1. The van der Waals surface area contributed by atoms with Crippen LogP contribution in [0.1, 0.15) is 23.8 Å². The van der Waals surface area contributed by atoms with Gasteiger partial charge in [0.2, 0.25) is 5.91 Å². The Kier molecular flexibility index (Phi) is 4.21. The van der Waals surface area contributed by atoms with Crippen LogP contribution in [-0.2, 0) is 16.1 Å². The van der Waals surface area contributed by atoms with Gasteiger partial charge in [-0.15, -0.1) is 0 Å². The van der Waals surface area contributed by atoms with Crippen molar-refractivity contribution in [3.63, 3.8) is 0 Å². The van der Waals surface area contributed by atoms with Gasteiger partial charge in [0.15, 0.2) is 0 Å². The number of aromatic carboxylic acids is 1. The van der Waals surface area contributed by atoms with Crippen LogP contribution in [0.4, 0.5) is 0 Å². The van der Waals surface area contributed by atoms with E-state index in [0.717, 1.165) is 6.42 Å². The third-order valence-electron chi connectivity index (χ3n) is 3.30. The van der Waals surface area contributed by atoms with Crippen LogP contribution in [0, 0.1) is 0 Å². The molecule has 2 heterocycles. The van der Waals surface area contributed by atoms with Gasteiger partial charge in [-0.05, 0) is 18.6 Å². The summed E-state index contributed by atoms with van der Waals surface area (Å²) in [6, 6.07) is 3.12. The normalized spacial score (nSPS) is 19.4. The second-order valence-corrected chi connectivity index (χ2v) is 4.57. The lowest BCUT2D eigenvalue weighted by Gasteiger charge is -2.32. The van der Waals surface area contributed by atoms with Gasteiger partial charge in [0.05, 0.1) is 12.7 Å². The van der Waals surface area contributed by atoms with E-state index >= 15 is 0 Å². The van der Waals surface area contributed by atoms with Crippen LogP contribution in [-0.4, -0.2) is 52.3 Å². The predicted molar refractivity (Wildman–Crippen MR) is 68.0 cm³/mol. The zero-order valence-electron chi connectivity index (χ0n) is 10.9. The van der Waals surface area contributed by atoms with Crippen LogP contribution in [0.25, 0.3) is 0 Å². The molecule has 6 heteroatoms. The molecule has 0 radical (unpaired) electrons. The molecule has 104 valence electrons. The van der Waals surface area contributed by atoms with Crippen molar-refractivity contribution in [3.05, 3.63) is 24.0 Å². The zero-order chi connectivity index (χ0) is 13.8. The molecule has 0 aromatic carbocycles. The Labute approximate surface area is 111 Å². The lowest BCUT2D eigenvalue weighted by molar-refractivity contribution is -0.139. The highest BCUT2D eigenvalue weighted by Gasteiger charge is 2.23. The second-order valence-electron chi connectivity index (χ2n) is 4.57. The smallest absolute Gasteiger partial charge is 0.352 e. The Morgan fingerprint density at radius 1 is 1.53 bits per heavy atom. The first-order valence-corrected chi connectivity index (χ1v) is 6.39. The number of ether oxygens (including phenoxy) is 1. The second kappa shape index (κ2) is 5.88. The minimum atomic E-state index is -1.02. The maximum Gasteiger partial charge on any atom is 0.352 e. The first-order chi connectivity index (χ1) is 9.11. The first-order valence-electron chi connectivity index (χ1n) is 6.39. The molecular weight excluding hydrogens is 248 g/mol. The lowest BCUT2D eigenvalue weighted by atomic mass is 10.2. The Balaban J connectivity index is 2.00. The van der Waals surface area contributed by atoms with Crippen molar-refractivity contribution in [1.82, 2.24) is 9.47 Å². The summed E-state index contributed by atoms with van der Waals surface area (Å²) in [4.78, 5) is 24.9. The van der Waals surface area contributed by atoms with Crippen LogP contribution in [0.5, 0.6) is 0 Å². The van der Waals surface area contributed by atoms with Crippen molar-refractivity contribution in [2.45, 2.75) is 26.0 Å². The minimum Gasteiger partial charge on any atom is -0.477 e. The molecule has 1 aromatic heterocycles. The topological polar surface area (TPSA) is 71.8 Å². The van der Waals surface area contributed by atoms with E-state index in [0.29, 0.717) is 19.7 Å². The van der Waals surface area contributed by atoms with Crippen LogP contribution in [0.2, 0.25) is 0 Å². The molecule has 1 amide bonds. The molecule has 0 aliphatic carbocycles. The Morgan fingerprint density at radius 2 is 2.32 bits per heavy atom. The number of carbonyl (C=O) groups is 2. The highest BCUT2D eigenvalue weighted by molar-refractivity contribution is 5.86. The molecule has 1 aromatic rings. The average molecular weight is 266 g/mol. The Morgan fingerprint density at radius 3 is 3.00 bits per heavy atom. The van der Waals surface area contributed by atoms with Gasteiger partial charge in [0.1, 0.15) is 12.2 Å². The lowest BCUT2D eigenvalue weighted by Crippen LogP contribution is -2.46. The number of carboxylic acids is 1. The molecular formula is C13H18N2O4. The molecule has 0 saturated carbocycles. The molecule has 1 aliphatic rings. The van der Waals surface area contributed by atoms with E-state index in [1.165, 1.54) is 10.6 Å². The Hall–Kier alpha value is -1.82. The molecule has 6 nitrogen and oxygen atoms in total. The minimum absolute atomic E-state index is 0.0606. The largest absolute Gasteiger partial charge is 0.477 e. The molecule has 1 atom stereocenters. The summed E-state index contributed by atoms with van der Waals surface area (Å²) in [6.07, 6.45) is 2.56. The van der Waals surface area contributed by atoms with E-state index in [-0.39, 0.29) is 24.2 Å². The predicted octanol–water partition coefficient (Wildman–Crippen LogP) is 0.824. The summed E-state index contributed by atoms with van der Waals surface area (Å²) >= 11 is 0. The summed E-state index contributed by atoms with van der Waals surface area (Å²) < 4.78 is 6.97. The van der Waals surface area contributed by atoms with Gasteiger partial charge in [-0.2, -0.15) is 0 Å². The molecule has 0 spiro atoms. The molecule has 2 rings (SSSR count). The molecule has 1 unspecified atom stereocenters. The quantitative estimate of drug-likeness (QED) is 0.876. The number of carbonyl (C=O) groups excluding carboxylic acids is 1. The first kappa shape index (κ1) is 13.6. The molecule has 1 aliphatic heterocycles. The number of aromatic nitrogens is 1. The number of hydrogen-bond donors (Lipinski definition) is 1. The summed E-state index contributed by atoms with van der Waals surface area (Å²) in [5.74, 6) is -1.09. The fraction of sp³-hybridized carbons (Fsp3) is 0.538. The fourth-order valence-corrected chi connectivity index (χ4v) is 2.18. The van der Waals surface area contributed by atoms with Crippen molar-refractivity contribution in [2.75, 3.05) is 19.7 Å². The number of nitrogens with zero attached hydrogens (tertiary/aromatic N) is 2. The number of amides is 1. The van der Waals surface area contributed by atoms with Gasteiger partial charge in [-0.3, -0.25) is 4.79 Å². The SMILES string of the molecule is CCC1CN(C(=O)Cn2cccc2C(=O)O)CCO1. The number of hydrogen-bond acceptors (Lipinski definition) is 3. The zero-order valence-corrected chi connectivity index (χ0v) is 10.9. The van der Waals surface area contributed by atoms with E-state index in [9.17, 15) is 9.59 Å². The van der Waals surface area contributed by atoms with Crippen LogP contribution >= 0.6 is 0 Å². The van der Waals surface area contributed by atoms with Gasteiger partial charge in [0.25, 0.3) is 0 Å². The van der Waals surface area contributed by atoms with E-state index in [1.807, 2.05) is 6.92 Å². The van der Waals surface area contributed by atoms with Crippen LogP contribution in [0.3, 0.4) is 0 Å². The Bertz CT molecular complexity index is 469. The van der Waals surface area contributed by atoms with Gasteiger partial charge < -0.3 is 19.3 Å². The third kappa shape index (κ3) is 3.14. The number of rotatable bonds is 4. The van der Waals surface area contributed by atoms with Crippen LogP contribution in [0.15, 0.2) is 18.3 Å². The van der Waals surface area contributed by atoms with E-state index in [1.54, 1.807) is 17.2 Å². The van der Waals surface area contributed by atoms with Crippen LogP contribution < -0.4 is 0 Å². The number of carboxylic acid groups (broad SMARTS) is 1. The maximum absolute atomic E-state index is 12.2. The molecule has 1 N–H and O–H groups in total. The van der Waals surface area contributed by atoms with Crippen molar-refractivity contribution < 1.29 is 19.4 Å². The summed E-state index contributed by atoms with van der Waals surface area (Å²) in [5.41, 5.74) is 0.133. The average Bonchev–Trinajstić information content (AvgIpc) is 2.87. The standard InChI is InChI=1S/C13H18N2O4/c1-2-10-8-15(6-7-19-10)12(16)9-14-5-3-4-11(14)13(17)18/h3-5,10H,2,6-9H2,1H3,(H,17,18). The van der Waals surface area contributed by atoms with Gasteiger partial charge in [0, 0.05) is 19.3 Å². The summed E-state index contributed by atoms with van der Waals surface area (Å²) in [7, 11) is 0. The van der Waals surface area contributed by atoms with Crippen molar-refractivity contribution in [1.29, 1.82) is 0 Å². The molecule has 0 bridgehead atoms. The highest BCUT2D eigenvalue weighted by Crippen LogP contribution is 2.10. The maximum atomic E-state index is 12.2. The van der Waals surface area contributed by atoms with Gasteiger partial charge in [-0.1, -0.05) is 6.92 Å².